The van der Waals surface area contributed by atoms with E-state index >= 15 is 0 Å². The molecule has 0 bridgehead atoms. The molecule has 6 heteroatoms. The van der Waals surface area contributed by atoms with E-state index in [1.165, 1.54) is 5.56 Å². The van der Waals surface area contributed by atoms with Gasteiger partial charge in [0.05, 0.1) is 5.92 Å². The SMILES string of the molecule is Cc1ccc(-c2nnc(C3CCN(C(=O)c4ccccn4)C3)o2)cc1. The van der Waals surface area contributed by atoms with E-state index in [2.05, 4.69) is 15.2 Å². The average Bonchev–Trinajstić information content (AvgIpc) is 3.32. The standard InChI is InChI=1S/C19H18N4O2/c1-13-5-7-14(8-6-13)17-21-22-18(25-17)15-9-11-23(12-15)19(24)16-4-2-3-10-20-16/h2-8,10,15H,9,11-12H2,1H3. The quantitative estimate of drug-likeness (QED) is 0.736. The Bertz CT molecular complexity index is 874. The number of aromatic nitrogens is 3. The lowest BCUT2D eigenvalue weighted by Gasteiger charge is -2.14. The van der Waals surface area contributed by atoms with Crippen molar-refractivity contribution in [1.82, 2.24) is 20.1 Å². The molecule has 1 aliphatic rings. The van der Waals surface area contributed by atoms with E-state index in [0.717, 1.165) is 12.0 Å². The maximum absolute atomic E-state index is 12.5. The van der Waals surface area contributed by atoms with Gasteiger partial charge in [0.25, 0.3) is 5.91 Å². The van der Waals surface area contributed by atoms with Gasteiger partial charge in [0.2, 0.25) is 11.8 Å². The topological polar surface area (TPSA) is 72.1 Å². The molecule has 0 saturated carbocycles. The highest BCUT2D eigenvalue weighted by Gasteiger charge is 2.31. The van der Waals surface area contributed by atoms with Crippen molar-refractivity contribution in [1.29, 1.82) is 0 Å². The van der Waals surface area contributed by atoms with Crippen LogP contribution in [0.3, 0.4) is 0 Å². The summed E-state index contributed by atoms with van der Waals surface area (Å²) in [5, 5.41) is 8.35. The molecule has 3 heterocycles. The van der Waals surface area contributed by atoms with E-state index in [-0.39, 0.29) is 11.8 Å². The molecule has 1 saturated heterocycles. The van der Waals surface area contributed by atoms with Gasteiger partial charge in [0.1, 0.15) is 5.69 Å². The van der Waals surface area contributed by atoms with Crippen molar-refractivity contribution in [3.63, 3.8) is 0 Å². The molecule has 0 N–H and O–H groups in total. The normalized spacial score (nSPS) is 17.0. The van der Waals surface area contributed by atoms with Crippen molar-refractivity contribution in [2.24, 2.45) is 0 Å². The molecular weight excluding hydrogens is 316 g/mol. The Labute approximate surface area is 145 Å². The van der Waals surface area contributed by atoms with Gasteiger partial charge in [-0.3, -0.25) is 9.78 Å². The number of nitrogens with zero attached hydrogens (tertiary/aromatic N) is 4. The van der Waals surface area contributed by atoms with Gasteiger partial charge in [-0.2, -0.15) is 0 Å². The highest BCUT2D eigenvalue weighted by molar-refractivity contribution is 5.92. The van der Waals surface area contributed by atoms with Crippen molar-refractivity contribution in [3.8, 4) is 11.5 Å². The lowest BCUT2D eigenvalue weighted by Crippen LogP contribution is -2.29. The summed E-state index contributed by atoms with van der Waals surface area (Å²) in [6, 6.07) is 13.3. The van der Waals surface area contributed by atoms with Crippen molar-refractivity contribution in [2.45, 2.75) is 19.3 Å². The highest BCUT2D eigenvalue weighted by atomic mass is 16.4. The van der Waals surface area contributed by atoms with Crippen LogP contribution in [0.4, 0.5) is 0 Å². The van der Waals surface area contributed by atoms with Crippen LogP contribution in [0.15, 0.2) is 53.1 Å². The molecule has 25 heavy (non-hydrogen) atoms. The molecule has 126 valence electrons. The predicted molar refractivity (Wildman–Crippen MR) is 92.0 cm³/mol. The molecule has 4 rings (SSSR count). The smallest absolute Gasteiger partial charge is 0.272 e. The molecule has 1 aromatic carbocycles. The first-order chi connectivity index (χ1) is 12.2. The van der Waals surface area contributed by atoms with E-state index in [4.69, 9.17) is 4.42 Å². The van der Waals surface area contributed by atoms with Crippen molar-refractivity contribution < 1.29 is 9.21 Å². The molecule has 1 fully saturated rings. The molecular formula is C19H18N4O2. The summed E-state index contributed by atoms with van der Waals surface area (Å²) < 4.78 is 5.85. The zero-order valence-corrected chi connectivity index (χ0v) is 13.9. The minimum Gasteiger partial charge on any atom is -0.420 e. The number of likely N-dealkylation sites (tertiary alicyclic amines) is 1. The second-order valence-corrected chi connectivity index (χ2v) is 6.26. The highest BCUT2D eigenvalue weighted by Crippen LogP contribution is 2.29. The summed E-state index contributed by atoms with van der Waals surface area (Å²) in [4.78, 5) is 18.4. The van der Waals surface area contributed by atoms with Crippen molar-refractivity contribution >= 4 is 5.91 Å². The van der Waals surface area contributed by atoms with E-state index in [0.29, 0.717) is 30.6 Å². The van der Waals surface area contributed by atoms with Crippen molar-refractivity contribution in [3.05, 3.63) is 65.8 Å². The maximum Gasteiger partial charge on any atom is 0.272 e. The first-order valence-corrected chi connectivity index (χ1v) is 8.31. The van der Waals surface area contributed by atoms with Crippen LogP contribution in [-0.2, 0) is 0 Å². The Hall–Kier alpha value is -3.02. The minimum absolute atomic E-state index is 0.0543. The summed E-state index contributed by atoms with van der Waals surface area (Å²) >= 11 is 0. The zero-order valence-electron chi connectivity index (χ0n) is 13.9. The number of benzene rings is 1. The molecule has 2 aromatic heterocycles. The third-order valence-electron chi connectivity index (χ3n) is 4.45. The summed E-state index contributed by atoms with van der Waals surface area (Å²) in [6.45, 7) is 3.28. The molecule has 1 atom stereocenters. The third kappa shape index (κ3) is 3.15. The number of carbonyl (C=O) groups is 1. The fourth-order valence-corrected chi connectivity index (χ4v) is 3.01. The fourth-order valence-electron chi connectivity index (χ4n) is 3.01. The minimum atomic E-state index is -0.0543. The number of pyridine rings is 1. The van der Waals surface area contributed by atoms with Gasteiger partial charge >= 0.3 is 0 Å². The van der Waals surface area contributed by atoms with E-state index in [1.54, 1.807) is 23.2 Å². The second-order valence-electron chi connectivity index (χ2n) is 6.26. The number of carbonyl (C=O) groups excluding carboxylic acids is 1. The van der Waals surface area contributed by atoms with Crippen LogP contribution in [0.2, 0.25) is 0 Å². The zero-order chi connectivity index (χ0) is 17.2. The van der Waals surface area contributed by atoms with Gasteiger partial charge < -0.3 is 9.32 Å². The number of rotatable bonds is 3. The van der Waals surface area contributed by atoms with Crippen LogP contribution < -0.4 is 0 Å². The Morgan fingerprint density at radius 2 is 2.00 bits per heavy atom. The van der Waals surface area contributed by atoms with Gasteiger partial charge in [-0.15, -0.1) is 10.2 Å². The van der Waals surface area contributed by atoms with Gasteiger partial charge in [-0.25, -0.2) is 0 Å². The summed E-state index contributed by atoms with van der Waals surface area (Å²) in [6.07, 6.45) is 2.45. The van der Waals surface area contributed by atoms with Crippen LogP contribution in [0, 0.1) is 6.92 Å². The molecule has 0 radical (unpaired) electrons. The average molecular weight is 334 g/mol. The Morgan fingerprint density at radius 1 is 1.16 bits per heavy atom. The second kappa shape index (κ2) is 6.47. The lowest BCUT2D eigenvalue weighted by atomic mass is 10.1. The Balaban J connectivity index is 1.47. The molecule has 0 spiro atoms. The number of amides is 1. The van der Waals surface area contributed by atoms with Crippen molar-refractivity contribution in [2.75, 3.05) is 13.1 Å². The van der Waals surface area contributed by atoms with E-state index in [1.807, 2.05) is 37.3 Å². The van der Waals surface area contributed by atoms with Crippen LogP contribution in [0.25, 0.3) is 11.5 Å². The maximum atomic E-state index is 12.5. The molecule has 1 aliphatic heterocycles. The van der Waals surface area contributed by atoms with Gasteiger partial charge in [-0.05, 0) is 37.6 Å². The van der Waals surface area contributed by atoms with Gasteiger partial charge in [0, 0.05) is 24.8 Å². The summed E-state index contributed by atoms with van der Waals surface area (Å²) in [5.41, 5.74) is 2.56. The Morgan fingerprint density at radius 3 is 2.76 bits per heavy atom. The van der Waals surface area contributed by atoms with Crippen LogP contribution in [0.1, 0.15) is 34.3 Å². The van der Waals surface area contributed by atoms with Gasteiger partial charge in [0.15, 0.2) is 0 Å². The third-order valence-corrected chi connectivity index (χ3v) is 4.45. The first-order valence-electron chi connectivity index (χ1n) is 8.31. The first kappa shape index (κ1) is 15.5. The Kier molecular flexibility index (Phi) is 4.01. The largest absolute Gasteiger partial charge is 0.420 e. The lowest BCUT2D eigenvalue weighted by molar-refractivity contribution is 0.0784. The molecule has 1 unspecified atom stereocenters. The van der Waals surface area contributed by atoms with Gasteiger partial charge in [-0.1, -0.05) is 23.8 Å². The van der Waals surface area contributed by atoms with E-state index in [9.17, 15) is 4.79 Å². The predicted octanol–water partition coefficient (Wildman–Crippen LogP) is 3.07. The van der Waals surface area contributed by atoms with Crippen LogP contribution in [-0.4, -0.2) is 39.1 Å². The fraction of sp³-hybridized carbons (Fsp3) is 0.263. The molecule has 1 amide bonds. The molecule has 6 nitrogen and oxygen atoms in total. The summed E-state index contributed by atoms with van der Waals surface area (Å²) in [7, 11) is 0. The monoisotopic (exact) mass is 334 g/mol. The van der Waals surface area contributed by atoms with Crippen LogP contribution in [0.5, 0.6) is 0 Å². The summed E-state index contributed by atoms with van der Waals surface area (Å²) in [5.74, 6) is 1.12. The molecule has 3 aromatic rings. The molecule has 0 aliphatic carbocycles. The van der Waals surface area contributed by atoms with Crippen LogP contribution >= 0.6 is 0 Å². The number of hydrogen-bond donors (Lipinski definition) is 0. The number of aryl methyl sites for hydroxylation is 1. The van der Waals surface area contributed by atoms with E-state index < -0.39 is 0 Å². The number of hydrogen-bond acceptors (Lipinski definition) is 5.